The first-order chi connectivity index (χ1) is 11.5. The first-order valence-electron chi connectivity index (χ1n) is 8.50. The van der Waals surface area contributed by atoms with Crippen molar-refractivity contribution in [3.63, 3.8) is 0 Å². The van der Waals surface area contributed by atoms with E-state index in [0.717, 1.165) is 36.7 Å². The number of rotatable bonds is 7. The van der Waals surface area contributed by atoms with Gasteiger partial charge in [0.1, 0.15) is 0 Å². The predicted molar refractivity (Wildman–Crippen MR) is 102 cm³/mol. The molecule has 2 heterocycles. The number of hydrogen-bond acceptors (Lipinski definition) is 3. The molecular weight excluding hydrogens is 370 g/mol. The van der Waals surface area contributed by atoms with Crippen molar-refractivity contribution in [2.75, 3.05) is 47.4 Å². The van der Waals surface area contributed by atoms with E-state index in [9.17, 15) is 0 Å². The number of nitrogens with one attached hydrogen (secondary N) is 1. The Morgan fingerprint density at radius 1 is 1.54 bits per heavy atom. The van der Waals surface area contributed by atoms with E-state index in [1.807, 2.05) is 7.05 Å². The lowest BCUT2D eigenvalue weighted by Gasteiger charge is -2.27. The lowest BCUT2D eigenvalue weighted by Crippen LogP contribution is -2.46. The lowest BCUT2D eigenvalue weighted by atomic mass is 10.2. The number of aryl methyl sites for hydroxylation is 1. The predicted octanol–water partition coefficient (Wildman–Crippen LogP) is 1.91. The molecule has 6 nitrogen and oxygen atoms in total. The van der Waals surface area contributed by atoms with Crippen LogP contribution in [0.2, 0.25) is 0 Å². The molecule has 0 amide bonds. The van der Waals surface area contributed by atoms with E-state index in [-0.39, 0.29) is 0 Å². The molecule has 1 saturated heterocycles. The second-order valence-electron chi connectivity index (χ2n) is 6.37. The molecule has 1 fully saturated rings. The molecule has 1 N–H and O–H groups in total. The topological polar surface area (TPSA) is 45.0 Å². The molecule has 7 heteroatoms. The molecule has 0 spiro atoms. The molecule has 0 aromatic carbocycles. The van der Waals surface area contributed by atoms with Gasteiger partial charge in [-0.05, 0) is 41.4 Å². The van der Waals surface area contributed by atoms with Gasteiger partial charge in [0.2, 0.25) is 0 Å². The maximum Gasteiger partial charge on any atom is 0.193 e. The summed E-state index contributed by atoms with van der Waals surface area (Å²) in [5.41, 5.74) is 1.25. The van der Waals surface area contributed by atoms with Gasteiger partial charge in [0.15, 0.2) is 5.96 Å². The third kappa shape index (κ3) is 5.22. The molecule has 2 rings (SSSR count). The van der Waals surface area contributed by atoms with Gasteiger partial charge in [-0.1, -0.05) is 0 Å². The molecule has 0 saturated carbocycles. The van der Waals surface area contributed by atoms with Gasteiger partial charge in [-0.3, -0.25) is 9.89 Å². The van der Waals surface area contributed by atoms with Gasteiger partial charge in [-0.25, -0.2) is 0 Å². The number of ether oxygens (including phenoxy) is 1. The minimum atomic E-state index is 0.564. The van der Waals surface area contributed by atoms with Crippen LogP contribution in [0.4, 0.5) is 0 Å². The molecule has 1 aliphatic rings. The van der Waals surface area contributed by atoms with E-state index in [2.05, 4.69) is 67.0 Å². The minimum absolute atomic E-state index is 0.564. The number of aromatic nitrogens is 1. The highest BCUT2D eigenvalue weighted by molar-refractivity contribution is 9.10. The van der Waals surface area contributed by atoms with Crippen LogP contribution >= 0.6 is 15.9 Å². The molecule has 136 valence electrons. The van der Waals surface area contributed by atoms with E-state index >= 15 is 0 Å². The van der Waals surface area contributed by atoms with Crippen molar-refractivity contribution in [1.29, 1.82) is 0 Å². The van der Waals surface area contributed by atoms with Crippen molar-refractivity contribution in [3.8, 4) is 0 Å². The Bertz CT molecular complexity index is 545. The van der Waals surface area contributed by atoms with E-state index in [4.69, 9.17) is 4.74 Å². The minimum Gasteiger partial charge on any atom is -0.383 e. The van der Waals surface area contributed by atoms with Gasteiger partial charge in [-0.2, -0.15) is 0 Å². The maximum absolute atomic E-state index is 5.22. The summed E-state index contributed by atoms with van der Waals surface area (Å²) in [5, 5.41) is 3.54. The van der Waals surface area contributed by atoms with Crippen LogP contribution in [-0.4, -0.2) is 73.8 Å². The molecule has 1 unspecified atom stereocenters. The van der Waals surface area contributed by atoms with Gasteiger partial charge < -0.3 is 19.5 Å². The van der Waals surface area contributed by atoms with Crippen molar-refractivity contribution in [1.82, 2.24) is 19.7 Å². The third-order valence-corrected chi connectivity index (χ3v) is 5.06. The van der Waals surface area contributed by atoms with Gasteiger partial charge in [0, 0.05) is 63.7 Å². The summed E-state index contributed by atoms with van der Waals surface area (Å²) in [6, 6.07) is 2.71. The van der Waals surface area contributed by atoms with Crippen LogP contribution < -0.4 is 5.32 Å². The first-order valence-corrected chi connectivity index (χ1v) is 9.30. The molecule has 1 aromatic heterocycles. The Balaban J connectivity index is 1.86. The Kier molecular flexibility index (Phi) is 7.58. The van der Waals surface area contributed by atoms with Crippen LogP contribution in [0.25, 0.3) is 0 Å². The number of methoxy groups -OCH3 is 1. The monoisotopic (exact) mass is 399 g/mol. The number of halogens is 1. The number of hydrogen-bond donors (Lipinski definition) is 1. The molecule has 0 aliphatic carbocycles. The molecule has 1 aromatic rings. The molecule has 1 aliphatic heterocycles. The van der Waals surface area contributed by atoms with Crippen LogP contribution in [0.1, 0.15) is 18.5 Å². The largest absolute Gasteiger partial charge is 0.383 e. The SMILES string of the molecule is CN=C(NCC1CCCN1CCOC)N(C)Cc1cc(Br)cn1C. The summed E-state index contributed by atoms with van der Waals surface area (Å²) < 4.78 is 8.46. The molecule has 1 atom stereocenters. The second kappa shape index (κ2) is 9.44. The molecule has 0 bridgehead atoms. The number of guanidine groups is 1. The van der Waals surface area contributed by atoms with Crippen LogP contribution in [0.3, 0.4) is 0 Å². The highest BCUT2D eigenvalue weighted by atomic mass is 79.9. The molecular formula is C17H30BrN5O. The summed E-state index contributed by atoms with van der Waals surface area (Å²) in [4.78, 5) is 9.11. The average molecular weight is 400 g/mol. The fourth-order valence-corrected chi connectivity index (χ4v) is 3.84. The maximum atomic E-state index is 5.22. The summed E-state index contributed by atoms with van der Waals surface area (Å²) >= 11 is 3.53. The van der Waals surface area contributed by atoms with E-state index < -0.39 is 0 Å². The zero-order valence-corrected chi connectivity index (χ0v) is 16.8. The van der Waals surface area contributed by atoms with Crippen molar-refractivity contribution < 1.29 is 4.74 Å². The number of likely N-dealkylation sites (tertiary alicyclic amines) is 1. The number of aliphatic imine (C=N–C) groups is 1. The fraction of sp³-hybridized carbons (Fsp3) is 0.706. The summed E-state index contributed by atoms with van der Waals surface area (Å²) in [6.07, 6.45) is 4.58. The standard InChI is InChI=1S/C17H30BrN5O/c1-19-17(22(3)13-16-10-14(18)12-21(16)2)20-11-15-6-5-7-23(15)8-9-24-4/h10,12,15H,5-9,11,13H2,1-4H3,(H,19,20). The lowest BCUT2D eigenvalue weighted by molar-refractivity contribution is 0.141. The summed E-state index contributed by atoms with van der Waals surface area (Å²) in [6.45, 7) is 4.72. The summed E-state index contributed by atoms with van der Waals surface area (Å²) in [7, 11) is 7.75. The Morgan fingerprint density at radius 2 is 2.33 bits per heavy atom. The van der Waals surface area contributed by atoms with Crippen LogP contribution in [-0.2, 0) is 18.3 Å². The van der Waals surface area contributed by atoms with Crippen LogP contribution in [0.5, 0.6) is 0 Å². The Labute approximate surface area is 154 Å². The van der Waals surface area contributed by atoms with Crippen LogP contribution in [0, 0.1) is 0 Å². The van der Waals surface area contributed by atoms with E-state index in [1.54, 1.807) is 7.11 Å². The van der Waals surface area contributed by atoms with Crippen molar-refractivity contribution >= 4 is 21.9 Å². The molecule has 24 heavy (non-hydrogen) atoms. The van der Waals surface area contributed by atoms with E-state index in [0.29, 0.717) is 6.04 Å². The first kappa shape index (κ1) is 19.3. The quantitative estimate of drug-likeness (QED) is 0.561. The second-order valence-corrected chi connectivity index (χ2v) is 7.29. The highest BCUT2D eigenvalue weighted by Gasteiger charge is 2.24. The van der Waals surface area contributed by atoms with Gasteiger partial charge in [-0.15, -0.1) is 0 Å². The van der Waals surface area contributed by atoms with Gasteiger partial charge >= 0.3 is 0 Å². The number of nitrogens with zero attached hydrogens (tertiary/aromatic N) is 4. The van der Waals surface area contributed by atoms with Gasteiger partial charge in [0.05, 0.1) is 13.2 Å². The normalized spacial score (nSPS) is 19.0. The van der Waals surface area contributed by atoms with Gasteiger partial charge in [0.25, 0.3) is 0 Å². The third-order valence-electron chi connectivity index (χ3n) is 4.62. The Hall–Kier alpha value is -1.05. The van der Waals surface area contributed by atoms with Crippen molar-refractivity contribution in [2.24, 2.45) is 12.0 Å². The zero-order chi connectivity index (χ0) is 17.5. The van der Waals surface area contributed by atoms with E-state index in [1.165, 1.54) is 25.1 Å². The smallest absolute Gasteiger partial charge is 0.193 e. The highest BCUT2D eigenvalue weighted by Crippen LogP contribution is 2.17. The van der Waals surface area contributed by atoms with Crippen molar-refractivity contribution in [2.45, 2.75) is 25.4 Å². The van der Waals surface area contributed by atoms with Crippen molar-refractivity contribution in [3.05, 3.63) is 22.4 Å². The average Bonchev–Trinajstić information content (AvgIpc) is 3.12. The zero-order valence-electron chi connectivity index (χ0n) is 15.3. The Morgan fingerprint density at radius 3 is 2.96 bits per heavy atom. The summed E-state index contributed by atoms with van der Waals surface area (Å²) in [5.74, 6) is 0.936. The fourth-order valence-electron chi connectivity index (χ4n) is 3.26. The molecule has 0 radical (unpaired) electrons. The van der Waals surface area contributed by atoms with Crippen LogP contribution in [0.15, 0.2) is 21.7 Å².